The van der Waals surface area contributed by atoms with Crippen molar-refractivity contribution in [3.05, 3.63) is 59.7 Å². The van der Waals surface area contributed by atoms with Gasteiger partial charge in [-0.1, -0.05) is 24.3 Å². The van der Waals surface area contributed by atoms with Crippen LogP contribution in [0.25, 0.3) is 0 Å². The quantitative estimate of drug-likeness (QED) is 0.926. The number of carboxylic acid groups (broad SMARTS) is 1. The van der Waals surface area contributed by atoms with Crippen molar-refractivity contribution >= 4 is 29.3 Å². The monoisotopic (exact) mass is 338 g/mol. The van der Waals surface area contributed by atoms with Gasteiger partial charge in [-0.3, -0.25) is 9.59 Å². The summed E-state index contributed by atoms with van der Waals surface area (Å²) < 4.78 is 0. The van der Waals surface area contributed by atoms with Crippen molar-refractivity contribution in [3.8, 4) is 6.07 Å². The zero-order chi connectivity index (χ0) is 17.1. The molecular weight excluding hydrogens is 324 g/mol. The van der Waals surface area contributed by atoms with E-state index in [1.165, 1.54) is 11.8 Å². The molecule has 1 atom stereocenters. The van der Waals surface area contributed by atoms with Crippen molar-refractivity contribution in [2.24, 2.45) is 0 Å². The van der Waals surface area contributed by atoms with Gasteiger partial charge >= 0.3 is 5.97 Å². The largest absolute Gasteiger partial charge is 0.481 e. The van der Waals surface area contributed by atoms with Gasteiger partial charge in [-0.25, -0.2) is 0 Å². The number of carbonyl (C=O) groups excluding carboxylic acids is 1. The Balaban J connectivity index is 1.96. The first-order valence-corrected chi connectivity index (χ1v) is 8.24. The van der Waals surface area contributed by atoms with Crippen LogP contribution in [0.4, 0.5) is 5.69 Å². The number of hydrogen-bond acceptors (Lipinski definition) is 4. The van der Waals surface area contributed by atoms with Gasteiger partial charge in [0, 0.05) is 4.90 Å². The van der Waals surface area contributed by atoms with Gasteiger partial charge in [-0.05, 0) is 29.8 Å². The molecule has 1 heterocycles. The number of amides is 1. The van der Waals surface area contributed by atoms with E-state index >= 15 is 0 Å². The van der Waals surface area contributed by atoms with Gasteiger partial charge in [0.05, 0.1) is 35.5 Å². The number of hydrogen-bond donors (Lipinski definition) is 1. The Morgan fingerprint density at radius 1 is 1.25 bits per heavy atom. The molecule has 0 saturated carbocycles. The number of nitrogens with zero attached hydrogens (tertiary/aromatic N) is 2. The van der Waals surface area contributed by atoms with E-state index in [2.05, 4.69) is 6.07 Å². The maximum Gasteiger partial charge on any atom is 0.305 e. The van der Waals surface area contributed by atoms with Crippen LogP contribution in [0, 0.1) is 11.3 Å². The summed E-state index contributed by atoms with van der Waals surface area (Å²) in [4.78, 5) is 26.3. The van der Waals surface area contributed by atoms with Crippen LogP contribution in [0.1, 0.15) is 17.5 Å². The molecule has 1 N–H and O–H groups in total. The maximum atomic E-state index is 12.8. The predicted octanol–water partition coefficient (Wildman–Crippen LogP) is 3.04. The summed E-state index contributed by atoms with van der Waals surface area (Å²) in [7, 11) is 0. The molecule has 5 nitrogen and oxygen atoms in total. The third kappa shape index (κ3) is 3.26. The average Bonchev–Trinajstić information content (AvgIpc) is 2.58. The van der Waals surface area contributed by atoms with Crippen molar-refractivity contribution < 1.29 is 14.7 Å². The summed E-state index contributed by atoms with van der Waals surface area (Å²) in [6, 6.07) is 16.6. The van der Waals surface area contributed by atoms with Crippen LogP contribution in [0.2, 0.25) is 0 Å². The van der Waals surface area contributed by atoms with Crippen molar-refractivity contribution in [1.82, 2.24) is 0 Å². The molecule has 1 aliphatic rings. The minimum atomic E-state index is -0.994. The maximum absolute atomic E-state index is 12.8. The standard InChI is InChI=1S/C18H14N2O3S/c19-10-12-4-3-5-13(8-12)11-20-14-6-1-2-7-15(14)24-16(18(20)23)9-17(21)22/h1-8,16H,9,11H2,(H,21,22). The molecule has 2 aromatic carbocycles. The Morgan fingerprint density at radius 2 is 2.04 bits per heavy atom. The molecular formula is C18H14N2O3S. The Bertz CT molecular complexity index is 844. The second-order valence-corrected chi connectivity index (χ2v) is 6.65. The molecule has 2 aromatic rings. The summed E-state index contributed by atoms with van der Waals surface area (Å²) in [6.45, 7) is 0.308. The molecule has 120 valence electrons. The van der Waals surface area contributed by atoms with Crippen LogP contribution >= 0.6 is 11.8 Å². The van der Waals surface area contributed by atoms with Gasteiger partial charge in [0.15, 0.2) is 0 Å². The van der Waals surface area contributed by atoms with Gasteiger partial charge in [-0.15, -0.1) is 11.8 Å². The number of carboxylic acids is 1. The number of thioether (sulfide) groups is 1. The molecule has 0 aromatic heterocycles. The van der Waals surface area contributed by atoms with Crippen LogP contribution in [0.3, 0.4) is 0 Å². The molecule has 6 heteroatoms. The highest BCUT2D eigenvalue weighted by molar-refractivity contribution is 8.01. The number of aliphatic carboxylic acids is 1. The summed E-state index contributed by atoms with van der Waals surface area (Å²) in [6.07, 6.45) is -0.216. The number of para-hydroxylation sites is 1. The normalized spacial score (nSPS) is 16.4. The van der Waals surface area contributed by atoms with Crippen molar-refractivity contribution in [2.45, 2.75) is 23.1 Å². The molecule has 0 radical (unpaired) electrons. The fourth-order valence-electron chi connectivity index (χ4n) is 2.65. The zero-order valence-electron chi connectivity index (χ0n) is 12.7. The molecule has 0 fully saturated rings. The van der Waals surface area contributed by atoms with Crippen LogP contribution in [-0.4, -0.2) is 22.2 Å². The van der Waals surface area contributed by atoms with Gasteiger partial charge < -0.3 is 10.0 Å². The zero-order valence-corrected chi connectivity index (χ0v) is 13.5. The summed E-state index contributed by atoms with van der Waals surface area (Å²) in [5.41, 5.74) is 2.14. The molecule has 0 aliphatic carbocycles. The first-order chi connectivity index (χ1) is 11.6. The number of nitriles is 1. The smallest absolute Gasteiger partial charge is 0.305 e. The van der Waals surface area contributed by atoms with E-state index in [9.17, 15) is 9.59 Å². The molecule has 1 unspecified atom stereocenters. The Kier molecular flexibility index (Phi) is 4.54. The minimum absolute atomic E-state index is 0.216. The van der Waals surface area contributed by atoms with Crippen LogP contribution in [-0.2, 0) is 16.1 Å². The highest BCUT2D eigenvalue weighted by Crippen LogP contribution is 2.40. The predicted molar refractivity (Wildman–Crippen MR) is 90.7 cm³/mol. The number of anilines is 1. The fourth-order valence-corrected chi connectivity index (χ4v) is 3.87. The van der Waals surface area contributed by atoms with Gasteiger partial charge in [0.25, 0.3) is 0 Å². The van der Waals surface area contributed by atoms with E-state index < -0.39 is 11.2 Å². The number of fused-ring (bicyclic) bond motifs is 1. The Labute approximate surface area is 143 Å². The lowest BCUT2D eigenvalue weighted by Crippen LogP contribution is -2.41. The van der Waals surface area contributed by atoms with Crippen LogP contribution < -0.4 is 4.90 Å². The lowest BCUT2D eigenvalue weighted by atomic mass is 10.1. The van der Waals surface area contributed by atoms with E-state index in [0.29, 0.717) is 12.1 Å². The summed E-state index contributed by atoms with van der Waals surface area (Å²) in [5.74, 6) is -1.21. The molecule has 0 saturated heterocycles. The van der Waals surface area contributed by atoms with E-state index in [0.717, 1.165) is 16.1 Å². The van der Waals surface area contributed by atoms with Crippen molar-refractivity contribution in [3.63, 3.8) is 0 Å². The van der Waals surface area contributed by atoms with Crippen molar-refractivity contribution in [1.29, 1.82) is 5.26 Å². The lowest BCUT2D eigenvalue weighted by Gasteiger charge is -2.33. The van der Waals surface area contributed by atoms with Gasteiger partial charge in [0.2, 0.25) is 5.91 Å². The molecule has 0 spiro atoms. The Hall–Kier alpha value is -2.78. The van der Waals surface area contributed by atoms with Crippen LogP contribution in [0.15, 0.2) is 53.4 Å². The van der Waals surface area contributed by atoms with E-state index in [-0.39, 0.29) is 12.3 Å². The third-order valence-corrected chi connectivity index (χ3v) is 4.98. The SMILES string of the molecule is N#Cc1cccc(CN2C(=O)C(CC(=O)O)Sc3ccccc32)c1. The first kappa shape index (κ1) is 16.1. The lowest BCUT2D eigenvalue weighted by molar-refractivity contribution is -0.138. The molecule has 1 amide bonds. The second-order valence-electron chi connectivity index (χ2n) is 5.41. The highest BCUT2D eigenvalue weighted by Gasteiger charge is 2.34. The third-order valence-electron chi connectivity index (χ3n) is 3.72. The first-order valence-electron chi connectivity index (χ1n) is 7.36. The van der Waals surface area contributed by atoms with Gasteiger partial charge in [-0.2, -0.15) is 5.26 Å². The van der Waals surface area contributed by atoms with E-state index in [4.69, 9.17) is 10.4 Å². The summed E-state index contributed by atoms with van der Waals surface area (Å²) >= 11 is 1.29. The van der Waals surface area contributed by atoms with Crippen LogP contribution in [0.5, 0.6) is 0 Å². The molecule has 0 bridgehead atoms. The van der Waals surface area contributed by atoms with Crippen molar-refractivity contribution in [2.75, 3.05) is 4.90 Å². The number of carbonyl (C=O) groups is 2. The summed E-state index contributed by atoms with van der Waals surface area (Å²) in [5, 5.41) is 17.4. The second kappa shape index (κ2) is 6.77. The Morgan fingerprint density at radius 3 is 2.79 bits per heavy atom. The average molecular weight is 338 g/mol. The molecule has 24 heavy (non-hydrogen) atoms. The molecule has 1 aliphatic heterocycles. The van der Waals surface area contributed by atoms with E-state index in [1.54, 1.807) is 23.1 Å². The number of rotatable bonds is 4. The topological polar surface area (TPSA) is 81.4 Å². The van der Waals surface area contributed by atoms with Gasteiger partial charge in [0.1, 0.15) is 0 Å². The molecule has 3 rings (SSSR count). The van der Waals surface area contributed by atoms with E-state index in [1.807, 2.05) is 30.3 Å². The fraction of sp³-hybridized carbons (Fsp3) is 0.167. The highest BCUT2D eigenvalue weighted by atomic mass is 32.2. The minimum Gasteiger partial charge on any atom is -0.481 e. The number of benzene rings is 2.